The number of para-hydroxylation sites is 1. The highest BCUT2D eigenvalue weighted by atomic mass is 16.5. The number of nitrogens with zero attached hydrogens (tertiary/aromatic N) is 4. The highest BCUT2D eigenvalue weighted by molar-refractivity contribution is 5.94. The van der Waals surface area contributed by atoms with Crippen molar-refractivity contribution in [1.82, 2.24) is 19.4 Å². The van der Waals surface area contributed by atoms with Crippen molar-refractivity contribution in [3.63, 3.8) is 0 Å². The molecule has 1 aromatic carbocycles. The van der Waals surface area contributed by atoms with Crippen LogP contribution < -0.4 is 4.74 Å². The summed E-state index contributed by atoms with van der Waals surface area (Å²) in [5.41, 5.74) is 1.53. The van der Waals surface area contributed by atoms with E-state index in [0.29, 0.717) is 11.4 Å². The monoisotopic (exact) mass is 336 g/mol. The molecule has 0 radical (unpaired) electrons. The van der Waals surface area contributed by atoms with Crippen LogP contribution in [0.25, 0.3) is 5.82 Å². The van der Waals surface area contributed by atoms with E-state index in [9.17, 15) is 4.79 Å². The quantitative estimate of drug-likeness (QED) is 0.718. The number of hydrogen-bond acceptors (Lipinski definition) is 4. The molecule has 0 unspecified atom stereocenters. The fraction of sp³-hybridized carbons (Fsp3) is 0.211. The number of aromatic nitrogens is 3. The molecule has 3 aromatic rings. The normalized spacial score (nSPS) is 11.8. The predicted octanol–water partition coefficient (Wildman–Crippen LogP) is 3.11. The topological polar surface area (TPSA) is 60.2 Å². The molecule has 0 bridgehead atoms. The second kappa shape index (κ2) is 7.17. The Kier molecular flexibility index (Phi) is 4.79. The Hall–Kier alpha value is -3.15. The van der Waals surface area contributed by atoms with Crippen molar-refractivity contribution >= 4 is 5.91 Å². The van der Waals surface area contributed by atoms with Gasteiger partial charge in [-0.2, -0.15) is 0 Å². The van der Waals surface area contributed by atoms with Gasteiger partial charge in [-0.15, -0.1) is 0 Å². The zero-order valence-corrected chi connectivity index (χ0v) is 14.5. The predicted molar refractivity (Wildman–Crippen MR) is 94.9 cm³/mol. The molecule has 1 amide bonds. The highest BCUT2D eigenvalue weighted by Gasteiger charge is 2.21. The van der Waals surface area contributed by atoms with Gasteiger partial charge in [-0.1, -0.05) is 18.2 Å². The number of hydrogen-bond donors (Lipinski definition) is 0. The van der Waals surface area contributed by atoms with Crippen molar-refractivity contribution in [2.24, 2.45) is 0 Å². The molecule has 2 aromatic heterocycles. The van der Waals surface area contributed by atoms with E-state index in [1.807, 2.05) is 31.2 Å². The summed E-state index contributed by atoms with van der Waals surface area (Å²) in [6.07, 6.45) is 6.74. The molecular weight excluding hydrogens is 316 g/mol. The van der Waals surface area contributed by atoms with Crippen LogP contribution in [0.4, 0.5) is 0 Å². The van der Waals surface area contributed by atoms with Crippen molar-refractivity contribution in [3.05, 3.63) is 72.4 Å². The average Bonchev–Trinajstić information content (AvgIpc) is 3.21. The lowest BCUT2D eigenvalue weighted by atomic mass is 10.1. The molecule has 2 heterocycles. The summed E-state index contributed by atoms with van der Waals surface area (Å²) < 4.78 is 7.18. The maximum absolute atomic E-state index is 12.9. The third kappa shape index (κ3) is 3.38. The summed E-state index contributed by atoms with van der Waals surface area (Å²) in [4.78, 5) is 22.9. The average molecular weight is 336 g/mol. The number of amides is 1. The smallest absolute Gasteiger partial charge is 0.254 e. The molecule has 128 valence electrons. The Labute approximate surface area is 146 Å². The van der Waals surface area contributed by atoms with Crippen LogP contribution in [0.1, 0.15) is 28.9 Å². The van der Waals surface area contributed by atoms with Gasteiger partial charge in [0.05, 0.1) is 13.2 Å². The second-order valence-electron chi connectivity index (χ2n) is 5.71. The SMILES string of the molecule is COc1ccccc1[C@@H](C)N(C)C(=O)c1ccnc(-n2ccnc2)c1. The summed E-state index contributed by atoms with van der Waals surface area (Å²) in [5.74, 6) is 1.34. The van der Waals surface area contributed by atoms with E-state index >= 15 is 0 Å². The van der Waals surface area contributed by atoms with Gasteiger partial charge in [-0.3, -0.25) is 9.36 Å². The number of benzene rings is 1. The van der Waals surface area contributed by atoms with Gasteiger partial charge in [0.15, 0.2) is 0 Å². The summed E-state index contributed by atoms with van der Waals surface area (Å²) in [5, 5.41) is 0. The number of rotatable bonds is 5. The standard InChI is InChI=1S/C19H20N4O2/c1-14(16-6-4-5-7-17(16)25-3)22(2)19(24)15-8-9-21-18(12-15)23-11-10-20-13-23/h4-14H,1-3H3/t14-/m1/s1. The lowest BCUT2D eigenvalue weighted by molar-refractivity contribution is 0.0741. The maximum Gasteiger partial charge on any atom is 0.254 e. The molecule has 0 spiro atoms. The van der Waals surface area contributed by atoms with Crippen LogP contribution >= 0.6 is 0 Å². The lowest BCUT2D eigenvalue weighted by Crippen LogP contribution is -2.30. The first-order valence-electron chi connectivity index (χ1n) is 7.96. The van der Waals surface area contributed by atoms with E-state index in [1.165, 1.54) is 0 Å². The van der Waals surface area contributed by atoms with Crippen LogP contribution in [0, 0.1) is 0 Å². The Morgan fingerprint density at radius 2 is 2.04 bits per heavy atom. The Morgan fingerprint density at radius 3 is 2.76 bits per heavy atom. The van der Waals surface area contributed by atoms with E-state index in [-0.39, 0.29) is 11.9 Å². The summed E-state index contributed by atoms with van der Waals surface area (Å²) >= 11 is 0. The molecule has 0 saturated carbocycles. The number of ether oxygens (including phenoxy) is 1. The van der Waals surface area contributed by atoms with Crippen LogP contribution in [-0.4, -0.2) is 39.5 Å². The third-order valence-corrected chi connectivity index (χ3v) is 4.25. The molecule has 0 aliphatic rings. The van der Waals surface area contributed by atoms with Crippen LogP contribution in [-0.2, 0) is 0 Å². The first-order valence-corrected chi connectivity index (χ1v) is 7.96. The van der Waals surface area contributed by atoms with Crippen molar-refractivity contribution in [2.75, 3.05) is 14.2 Å². The Morgan fingerprint density at radius 1 is 1.24 bits per heavy atom. The minimum Gasteiger partial charge on any atom is -0.496 e. The molecule has 0 aliphatic heterocycles. The number of pyridine rings is 1. The molecule has 0 saturated heterocycles. The second-order valence-corrected chi connectivity index (χ2v) is 5.71. The van der Waals surface area contributed by atoms with E-state index in [0.717, 1.165) is 11.3 Å². The van der Waals surface area contributed by atoms with Crippen molar-refractivity contribution < 1.29 is 9.53 Å². The van der Waals surface area contributed by atoms with Crippen LogP contribution in [0.5, 0.6) is 5.75 Å². The van der Waals surface area contributed by atoms with Crippen molar-refractivity contribution in [2.45, 2.75) is 13.0 Å². The molecule has 0 aliphatic carbocycles. The van der Waals surface area contributed by atoms with Crippen LogP contribution in [0.3, 0.4) is 0 Å². The van der Waals surface area contributed by atoms with Crippen LogP contribution in [0.2, 0.25) is 0 Å². The minimum atomic E-state index is -0.131. The highest BCUT2D eigenvalue weighted by Crippen LogP contribution is 2.29. The molecule has 6 nitrogen and oxygen atoms in total. The van der Waals surface area contributed by atoms with Gasteiger partial charge >= 0.3 is 0 Å². The fourth-order valence-electron chi connectivity index (χ4n) is 2.69. The van der Waals surface area contributed by atoms with Gasteiger partial charge in [0.2, 0.25) is 0 Å². The largest absolute Gasteiger partial charge is 0.496 e. The van der Waals surface area contributed by atoms with Crippen molar-refractivity contribution in [3.8, 4) is 11.6 Å². The van der Waals surface area contributed by atoms with Gasteiger partial charge in [0.1, 0.15) is 17.9 Å². The van der Waals surface area contributed by atoms with Gasteiger partial charge in [-0.25, -0.2) is 9.97 Å². The number of imidazole rings is 1. The summed E-state index contributed by atoms with van der Waals surface area (Å²) in [6, 6.07) is 11.1. The van der Waals surface area contributed by atoms with Gasteiger partial charge < -0.3 is 9.64 Å². The first kappa shape index (κ1) is 16.7. The molecule has 1 atom stereocenters. The third-order valence-electron chi connectivity index (χ3n) is 4.25. The molecule has 0 fully saturated rings. The van der Waals surface area contributed by atoms with E-state index in [1.54, 1.807) is 60.7 Å². The van der Waals surface area contributed by atoms with E-state index in [2.05, 4.69) is 9.97 Å². The maximum atomic E-state index is 12.9. The first-order chi connectivity index (χ1) is 12.1. The number of carbonyl (C=O) groups excluding carboxylic acids is 1. The van der Waals surface area contributed by atoms with Gasteiger partial charge in [0, 0.05) is 36.8 Å². The zero-order chi connectivity index (χ0) is 17.8. The van der Waals surface area contributed by atoms with Gasteiger partial charge in [-0.05, 0) is 25.1 Å². The molecule has 25 heavy (non-hydrogen) atoms. The molecule has 6 heteroatoms. The summed E-state index contributed by atoms with van der Waals surface area (Å²) in [7, 11) is 3.42. The number of carbonyl (C=O) groups is 1. The minimum absolute atomic E-state index is 0.0813. The summed E-state index contributed by atoms with van der Waals surface area (Å²) in [6.45, 7) is 1.98. The van der Waals surface area contributed by atoms with E-state index < -0.39 is 0 Å². The number of methoxy groups -OCH3 is 1. The van der Waals surface area contributed by atoms with Crippen LogP contribution in [0.15, 0.2) is 61.3 Å². The zero-order valence-electron chi connectivity index (χ0n) is 14.5. The van der Waals surface area contributed by atoms with Gasteiger partial charge in [0.25, 0.3) is 5.91 Å². The Balaban J connectivity index is 1.86. The lowest BCUT2D eigenvalue weighted by Gasteiger charge is -2.26. The molecule has 3 rings (SSSR count). The molecular formula is C19H20N4O2. The van der Waals surface area contributed by atoms with E-state index in [4.69, 9.17) is 4.74 Å². The Bertz CT molecular complexity index is 861. The fourth-order valence-corrected chi connectivity index (χ4v) is 2.69. The van der Waals surface area contributed by atoms with Crippen molar-refractivity contribution in [1.29, 1.82) is 0 Å². The molecule has 0 N–H and O–H groups in total.